The molecule has 5 nitrogen and oxygen atoms in total. The summed E-state index contributed by atoms with van der Waals surface area (Å²) >= 11 is 0. The summed E-state index contributed by atoms with van der Waals surface area (Å²) in [7, 11) is 0. The molecule has 1 saturated heterocycles. The van der Waals surface area contributed by atoms with Gasteiger partial charge in [-0.15, -0.1) is 0 Å². The Kier molecular flexibility index (Phi) is 6.20. The van der Waals surface area contributed by atoms with Gasteiger partial charge in [-0.3, -0.25) is 9.69 Å². The molecule has 0 spiro atoms. The van der Waals surface area contributed by atoms with Crippen LogP contribution in [-0.4, -0.2) is 54.7 Å². The van der Waals surface area contributed by atoms with Crippen molar-refractivity contribution in [1.29, 1.82) is 0 Å². The fourth-order valence-electron chi connectivity index (χ4n) is 4.72. The van der Waals surface area contributed by atoms with Gasteiger partial charge in [-0.05, 0) is 68.8 Å². The van der Waals surface area contributed by atoms with E-state index in [0.29, 0.717) is 18.4 Å². The number of amides is 1. The van der Waals surface area contributed by atoms with Crippen LogP contribution in [0.25, 0.3) is 0 Å². The Morgan fingerprint density at radius 2 is 2.07 bits per heavy atom. The molecule has 0 saturated carbocycles. The summed E-state index contributed by atoms with van der Waals surface area (Å²) < 4.78 is 10.9. The van der Waals surface area contributed by atoms with E-state index in [2.05, 4.69) is 28.9 Å². The van der Waals surface area contributed by atoms with Crippen LogP contribution in [-0.2, 0) is 11.2 Å². The average Bonchev–Trinajstić information content (AvgIpc) is 3.36. The zero-order valence-corrected chi connectivity index (χ0v) is 16.9. The summed E-state index contributed by atoms with van der Waals surface area (Å²) in [5.74, 6) is 2.34. The van der Waals surface area contributed by atoms with E-state index in [1.54, 1.807) is 0 Å². The molecule has 2 atom stereocenters. The predicted octanol–water partition coefficient (Wildman–Crippen LogP) is 3.63. The highest BCUT2D eigenvalue weighted by Crippen LogP contribution is 2.33. The van der Waals surface area contributed by atoms with Crippen molar-refractivity contribution in [3.8, 4) is 11.5 Å². The van der Waals surface area contributed by atoms with Crippen LogP contribution in [0.15, 0.2) is 30.4 Å². The molecule has 2 heterocycles. The molecule has 3 aliphatic rings. The molecule has 0 aromatic heterocycles. The summed E-state index contributed by atoms with van der Waals surface area (Å²) in [5, 5.41) is 0. The number of ether oxygens (including phenoxy) is 2. The average molecular weight is 385 g/mol. The number of rotatable bonds is 7. The van der Waals surface area contributed by atoms with Gasteiger partial charge in [-0.25, -0.2) is 0 Å². The Balaban J connectivity index is 1.44. The minimum absolute atomic E-state index is 0.233. The first-order valence-electron chi connectivity index (χ1n) is 10.8. The first kappa shape index (κ1) is 19.3. The Labute approximate surface area is 168 Å². The van der Waals surface area contributed by atoms with E-state index in [1.165, 1.54) is 19.3 Å². The molecule has 152 valence electrons. The van der Waals surface area contributed by atoms with Gasteiger partial charge in [0.1, 0.15) is 0 Å². The van der Waals surface area contributed by atoms with E-state index in [9.17, 15) is 4.79 Å². The zero-order chi connectivity index (χ0) is 19.3. The molecule has 0 bridgehead atoms. The summed E-state index contributed by atoms with van der Waals surface area (Å²) in [4.78, 5) is 18.0. The smallest absolute Gasteiger partial charge is 0.231 e. The van der Waals surface area contributed by atoms with E-state index in [4.69, 9.17) is 9.47 Å². The first-order chi connectivity index (χ1) is 13.7. The predicted molar refractivity (Wildman–Crippen MR) is 110 cm³/mol. The SMILES string of the molecule is CCN1CCC[C@H]1CN(C[C@H]1CC=CCC1)C(=O)Cc1ccc2c(c1)OCO2. The van der Waals surface area contributed by atoms with Crippen LogP contribution >= 0.6 is 0 Å². The molecule has 1 aliphatic carbocycles. The number of allylic oxidation sites excluding steroid dienone is 2. The summed E-state index contributed by atoms with van der Waals surface area (Å²) in [5.41, 5.74) is 1.00. The largest absolute Gasteiger partial charge is 0.454 e. The van der Waals surface area contributed by atoms with E-state index >= 15 is 0 Å². The van der Waals surface area contributed by atoms with Crippen LogP contribution in [0.4, 0.5) is 0 Å². The second-order valence-electron chi connectivity index (χ2n) is 8.24. The highest BCUT2D eigenvalue weighted by atomic mass is 16.7. The molecule has 28 heavy (non-hydrogen) atoms. The molecule has 1 aromatic carbocycles. The number of carbonyl (C=O) groups excluding carboxylic acids is 1. The van der Waals surface area contributed by atoms with E-state index in [1.807, 2.05) is 18.2 Å². The van der Waals surface area contributed by atoms with Gasteiger partial charge < -0.3 is 14.4 Å². The molecule has 4 rings (SSSR count). The maximum absolute atomic E-state index is 13.3. The quantitative estimate of drug-likeness (QED) is 0.674. The third kappa shape index (κ3) is 4.52. The first-order valence-corrected chi connectivity index (χ1v) is 10.8. The highest BCUT2D eigenvalue weighted by Gasteiger charge is 2.28. The molecule has 1 fully saturated rings. The fraction of sp³-hybridized carbons (Fsp3) is 0.609. The monoisotopic (exact) mass is 384 g/mol. The Bertz CT molecular complexity index is 718. The topological polar surface area (TPSA) is 42.0 Å². The number of carbonyl (C=O) groups is 1. The molecule has 0 N–H and O–H groups in total. The molecule has 0 radical (unpaired) electrons. The maximum atomic E-state index is 13.3. The van der Waals surface area contributed by atoms with Crippen LogP contribution < -0.4 is 9.47 Å². The number of benzene rings is 1. The van der Waals surface area contributed by atoms with Crippen LogP contribution in [0.5, 0.6) is 11.5 Å². The summed E-state index contributed by atoms with van der Waals surface area (Å²) in [6, 6.07) is 6.36. The van der Waals surface area contributed by atoms with Gasteiger partial charge in [0.2, 0.25) is 12.7 Å². The Morgan fingerprint density at radius 1 is 1.18 bits per heavy atom. The lowest BCUT2D eigenvalue weighted by molar-refractivity contribution is -0.132. The number of hydrogen-bond donors (Lipinski definition) is 0. The summed E-state index contributed by atoms with van der Waals surface area (Å²) in [6.45, 7) is 6.46. The molecule has 1 aromatic rings. The molecular formula is C23H32N2O3. The summed E-state index contributed by atoms with van der Waals surface area (Å²) in [6.07, 6.45) is 10.8. The molecule has 0 unspecified atom stereocenters. The number of nitrogens with zero attached hydrogens (tertiary/aromatic N) is 2. The second kappa shape index (κ2) is 8.99. The molecule has 5 heteroatoms. The van der Waals surface area contributed by atoms with Gasteiger partial charge in [-0.2, -0.15) is 0 Å². The highest BCUT2D eigenvalue weighted by molar-refractivity contribution is 5.79. The number of likely N-dealkylation sites (N-methyl/N-ethyl adjacent to an activating group) is 1. The van der Waals surface area contributed by atoms with Gasteiger partial charge in [0.05, 0.1) is 6.42 Å². The molecule has 2 aliphatic heterocycles. The van der Waals surface area contributed by atoms with Crippen molar-refractivity contribution in [3.63, 3.8) is 0 Å². The standard InChI is InChI=1S/C23H32N2O3/c1-2-24-12-6-9-20(24)16-25(15-18-7-4-3-5-8-18)23(26)14-19-10-11-21-22(13-19)28-17-27-21/h3-4,10-11,13,18,20H,2,5-9,12,14-17H2,1H3/t18-,20-/m0/s1. The minimum Gasteiger partial charge on any atom is -0.454 e. The van der Waals surface area contributed by atoms with E-state index in [-0.39, 0.29) is 12.7 Å². The van der Waals surface area contributed by atoms with Crippen LogP contribution in [0.2, 0.25) is 0 Å². The van der Waals surface area contributed by atoms with Crippen LogP contribution in [0, 0.1) is 5.92 Å². The van der Waals surface area contributed by atoms with E-state index in [0.717, 1.165) is 56.1 Å². The van der Waals surface area contributed by atoms with Crippen molar-refractivity contribution < 1.29 is 14.3 Å². The number of fused-ring (bicyclic) bond motifs is 1. The van der Waals surface area contributed by atoms with Gasteiger partial charge in [0.25, 0.3) is 0 Å². The molecular weight excluding hydrogens is 352 g/mol. The van der Waals surface area contributed by atoms with Gasteiger partial charge in [-0.1, -0.05) is 25.1 Å². The third-order valence-electron chi connectivity index (χ3n) is 6.34. The van der Waals surface area contributed by atoms with E-state index < -0.39 is 0 Å². The zero-order valence-electron chi connectivity index (χ0n) is 16.9. The van der Waals surface area contributed by atoms with Crippen molar-refractivity contribution in [2.75, 3.05) is 33.0 Å². The number of hydrogen-bond acceptors (Lipinski definition) is 4. The van der Waals surface area contributed by atoms with Crippen molar-refractivity contribution in [2.45, 2.75) is 51.5 Å². The fourth-order valence-corrected chi connectivity index (χ4v) is 4.72. The van der Waals surface area contributed by atoms with Gasteiger partial charge in [0, 0.05) is 19.1 Å². The Hall–Kier alpha value is -2.01. The van der Waals surface area contributed by atoms with Crippen molar-refractivity contribution in [3.05, 3.63) is 35.9 Å². The Morgan fingerprint density at radius 3 is 2.89 bits per heavy atom. The van der Waals surface area contributed by atoms with Crippen LogP contribution in [0.1, 0.15) is 44.6 Å². The minimum atomic E-state index is 0.233. The van der Waals surface area contributed by atoms with Crippen LogP contribution in [0.3, 0.4) is 0 Å². The lowest BCUT2D eigenvalue weighted by Crippen LogP contribution is -2.45. The number of likely N-dealkylation sites (tertiary alicyclic amines) is 1. The normalized spacial score (nSPS) is 23.9. The lowest BCUT2D eigenvalue weighted by atomic mass is 9.93. The van der Waals surface area contributed by atoms with Gasteiger partial charge >= 0.3 is 0 Å². The third-order valence-corrected chi connectivity index (χ3v) is 6.34. The lowest BCUT2D eigenvalue weighted by Gasteiger charge is -2.33. The van der Waals surface area contributed by atoms with Gasteiger partial charge in [0.15, 0.2) is 11.5 Å². The van der Waals surface area contributed by atoms with Crippen molar-refractivity contribution in [2.24, 2.45) is 5.92 Å². The van der Waals surface area contributed by atoms with Crippen molar-refractivity contribution in [1.82, 2.24) is 9.80 Å². The maximum Gasteiger partial charge on any atom is 0.231 e. The van der Waals surface area contributed by atoms with Crippen molar-refractivity contribution >= 4 is 5.91 Å². The molecule has 1 amide bonds. The second-order valence-corrected chi connectivity index (χ2v) is 8.24.